The van der Waals surface area contributed by atoms with Crippen molar-refractivity contribution in [3.63, 3.8) is 0 Å². The summed E-state index contributed by atoms with van der Waals surface area (Å²) in [4.78, 5) is 4.49. The summed E-state index contributed by atoms with van der Waals surface area (Å²) in [5, 5.41) is 3.42. The molecule has 0 spiro atoms. The van der Waals surface area contributed by atoms with Gasteiger partial charge in [0.1, 0.15) is 11.6 Å². The van der Waals surface area contributed by atoms with E-state index in [1.807, 2.05) is 38.6 Å². The van der Waals surface area contributed by atoms with Gasteiger partial charge in [0.25, 0.3) is 0 Å². The molecule has 100 valence electrons. The molecule has 0 fully saturated rings. The highest BCUT2D eigenvalue weighted by atomic mass is 16.5. The van der Waals surface area contributed by atoms with Crippen molar-refractivity contribution in [3.8, 4) is 5.75 Å². The maximum absolute atomic E-state index is 5.74. The number of hydrogen-bond donors (Lipinski definition) is 1. The molecule has 0 amide bonds. The summed E-state index contributed by atoms with van der Waals surface area (Å²) in [7, 11) is 4.04. The molecule has 0 saturated heterocycles. The van der Waals surface area contributed by atoms with Crippen LogP contribution < -0.4 is 10.1 Å². The lowest BCUT2D eigenvalue weighted by atomic mass is 9.86. The van der Waals surface area contributed by atoms with Gasteiger partial charge in [-0.25, -0.2) is 4.98 Å². The zero-order valence-electron chi connectivity index (χ0n) is 11.3. The van der Waals surface area contributed by atoms with Crippen molar-refractivity contribution in [3.05, 3.63) is 48.0 Å². The largest absolute Gasteiger partial charge is 0.493 e. The third kappa shape index (κ3) is 2.12. The molecule has 1 aromatic carbocycles. The standard InChI is InChI=1S/C15H19N3O/c1-16-14(15-17-8-9-18(15)2)12-7-10-19-13-6-4-3-5-11(12)13/h3-6,8-9,12,14,16H,7,10H2,1-2H3. The Morgan fingerprint density at radius 2 is 2.26 bits per heavy atom. The number of fused-ring (bicyclic) bond motifs is 1. The van der Waals surface area contributed by atoms with Crippen molar-refractivity contribution in [2.24, 2.45) is 7.05 Å². The zero-order valence-corrected chi connectivity index (χ0v) is 11.3. The molecule has 1 aliphatic rings. The molecule has 1 aromatic heterocycles. The van der Waals surface area contributed by atoms with E-state index in [0.29, 0.717) is 5.92 Å². The van der Waals surface area contributed by atoms with E-state index < -0.39 is 0 Å². The third-order valence-electron chi connectivity index (χ3n) is 3.85. The van der Waals surface area contributed by atoms with E-state index in [1.165, 1.54) is 5.56 Å². The molecule has 19 heavy (non-hydrogen) atoms. The maximum Gasteiger partial charge on any atom is 0.126 e. The van der Waals surface area contributed by atoms with Gasteiger partial charge in [-0.2, -0.15) is 0 Å². The van der Waals surface area contributed by atoms with Crippen LogP contribution in [0.4, 0.5) is 0 Å². The molecule has 0 bridgehead atoms. The van der Waals surface area contributed by atoms with Gasteiger partial charge in [-0.05, 0) is 25.1 Å². The van der Waals surface area contributed by atoms with E-state index in [0.717, 1.165) is 24.6 Å². The molecule has 1 aliphatic heterocycles. The van der Waals surface area contributed by atoms with Crippen molar-refractivity contribution in [2.45, 2.75) is 18.4 Å². The van der Waals surface area contributed by atoms with Gasteiger partial charge in [0.2, 0.25) is 0 Å². The molecule has 2 atom stereocenters. The molecular weight excluding hydrogens is 238 g/mol. The smallest absolute Gasteiger partial charge is 0.126 e. The van der Waals surface area contributed by atoms with Crippen LogP contribution in [0.25, 0.3) is 0 Å². The van der Waals surface area contributed by atoms with Gasteiger partial charge in [0.15, 0.2) is 0 Å². The number of imidazole rings is 1. The highest BCUT2D eigenvalue weighted by Crippen LogP contribution is 2.40. The second-order valence-electron chi connectivity index (χ2n) is 4.94. The van der Waals surface area contributed by atoms with Crippen LogP contribution in [0.1, 0.15) is 29.8 Å². The van der Waals surface area contributed by atoms with E-state index in [4.69, 9.17) is 4.74 Å². The second kappa shape index (κ2) is 5.05. The summed E-state index contributed by atoms with van der Waals surface area (Å²) in [6, 6.07) is 8.52. The summed E-state index contributed by atoms with van der Waals surface area (Å²) >= 11 is 0. The maximum atomic E-state index is 5.74. The van der Waals surface area contributed by atoms with Crippen LogP contribution in [0.2, 0.25) is 0 Å². The third-order valence-corrected chi connectivity index (χ3v) is 3.85. The van der Waals surface area contributed by atoms with Crippen LogP contribution in [0.15, 0.2) is 36.7 Å². The van der Waals surface area contributed by atoms with Gasteiger partial charge in [-0.3, -0.25) is 0 Å². The molecule has 2 aromatic rings. The highest BCUT2D eigenvalue weighted by molar-refractivity contribution is 5.39. The number of nitrogens with zero attached hydrogens (tertiary/aromatic N) is 2. The van der Waals surface area contributed by atoms with Crippen LogP contribution in [0.3, 0.4) is 0 Å². The van der Waals surface area contributed by atoms with Crippen LogP contribution in [-0.2, 0) is 7.05 Å². The second-order valence-corrected chi connectivity index (χ2v) is 4.94. The number of likely N-dealkylation sites (N-methyl/N-ethyl adjacent to an activating group) is 1. The Morgan fingerprint density at radius 3 is 3.00 bits per heavy atom. The van der Waals surface area contributed by atoms with Gasteiger partial charge in [-0.1, -0.05) is 18.2 Å². The summed E-state index contributed by atoms with van der Waals surface area (Å²) in [6.07, 6.45) is 4.85. The molecule has 4 nitrogen and oxygen atoms in total. The van der Waals surface area contributed by atoms with Crippen LogP contribution >= 0.6 is 0 Å². The molecule has 0 saturated carbocycles. The van der Waals surface area contributed by atoms with Crippen molar-refractivity contribution >= 4 is 0 Å². The van der Waals surface area contributed by atoms with Crippen LogP contribution in [-0.4, -0.2) is 23.2 Å². The number of aromatic nitrogens is 2. The SMILES string of the molecule is CNC(c1nccn1C)C1CCOc2ccccc21. The Bertz CT molecular complexity index is 564. The topological polar surface area (TPSA) is 39.1 Å². The van der Waals surface area contributed by atoms with Crippen molar-refractivity contribution in [1.82, 2.24) is 14.9 Å². The Labute approximate surface area is 113 Å². The molecule has 3 rings (SSSR count). The van der Waals surface area contributed by atoms with Gasteiger partial charge in [-0.15, -0.1) is 0 Å². The van der Waals surface area contributed by atoms with Gasteiger partial charge >= 0.3 is 0 Å². The minimum absolute atomic E-state index is 0.213. The lowest BCUT2D eigenvalue weighted by Crippen LogP contribution is -2.30. The van der Waals surface area contributed by atoms with Crippen molar-refractivity contribution < 1.29 is 4.74 Å². The Balaban J connectivity index is 2.00. The molecule has 2 unspecified atom stereocenters. The molecular formula is C15H19N3O. The molecule has 0 aliphatic carbocycles. The fourth-order valence-electron chi connectivity index (χ4n) is 2.90. The average molecular weight is 257 g/mol. The van der Waals surface area contributed by atoms with E-state index in [9.17, 15) is 0 Å². The fourth-order valence-corrected chi connectivity index (χ4v) is 2.90. The summed E-state index contributed by atoms with van der Waals surface area (Å²) in [5.74, 6) is 2.48. The lowest BCUT2D eigenvalue weighted by Gasteiger charge is -2.31. The Kier molecular flexibility index (Phi) is 3.25. The number of benzene rings is 1. The number of ether oxygens (including phenoxy) is 1. The number of aryl methyl sites for hydroxylation is 1. The van der Waals surface area contributed by atoms with Crippen molar-refractivity contribution in [1.29, 1.82) is 0 Å². The predicted octanol–water partition coefficient (Wildman–Crippen LogP) is 2.25. The van der Waals surface area contributed by atoms with Gasteiger partial charge < -0.3 is 14.6 Å². The first-order valence-electron chi connectivity index (χ1n) is 6.67. The number of hydrogen-bond acceptors (Lipinski definition) is 3. The average Bonchev–Trinajstić information content (AvgIpc) is 2.86. The number of nitrogens with one attached hydrogen (secondary N) is 1. The first-order valence-corrected chi connectivity index (χ1v) is 6.67. The van der Waals surface area contributed by atoms with E-state index in [2.05, 4.69) is 27.0 Å². The quantitative estimate of drug-likeness (QED) is 0.916. The summed E-state index contributed by atoms with van der Waals surface area (Å²) < 4.78 is 7.82. The van der Waals surface area contributed by atoms with Gasteiger partial charge in [0.05, 0.1) is 12.6 Å². The molecule has 2 heterocycles. The minimum Gasteiger partial charge on any atom is -0.493 e. The Hall–Kier alpha value is -1.81. The molecule has 0 radical (unpaired) electrons. The summed E-state index contributed by atoms with van der Waals surface area (Å²) in [6.45, 7) is 0.768. The van der Waals surface area contributed by atoms with Crippen LogP contribution in [0, 0.1) is 0 Å². The summed E-state index contributed by atoms with van der Waals surface area (Å²) in [5.41, 5.74) is 1.27. The highest BCUT2D eigenvalue weighted by Gasteiger charge is 2.30. The Morgan fingerprint density at radius 1 is 1.42 bits per heavy atom. The number of para-hydroxylation sites is 1. The normalized spacial score (nSPS) is 19.6. The van der Waals surface area contributed by atoms with Gasteiger partial charge in [0, 0.05) is 25.4 Å². The van der Waals surface area contributed by atoms with E-state index in [1.54, 1.807) is 0 Å². The first-order chi connectivity index (χ1) is 9.31. The molecule has 4 heteroatoms. The fraction of sp³-hybridized carbons (Fsp3) is 0.400. The predicted molar refractivity (Wildman–Crippen MR) is 74.3 cm³/mol. The van der Waals surface area contributed by atoms with Crippen molar-refractivity contribution in [2.75, 3.05) is 13.7 Å². The lowest BCUT2D eigenvalue weighted by molar-refractivity contribution is 0.245. The minimum atomic E-state index is 0.213. The molecule has 1 N–H and O–H groups in total. The zero-order chi connectivity index (χ0) is 13.2. The number of rotatable bonds is 3. The van der Waals surface area contributed by atoms with E-state index in [-0.39, 0.29) is 6.04 Å². The monoisotopic (exact) mass is 257 g/mol. The van der Waals surface area contributed by atoms with Crippen LogP contribution in [0.5, 0.6) is 5.75 Å². The van der Waals surface area contributed by atoms with E-state index >= 15 is 0 Å². The first kappa shape index (κ1) is 12.2.